The van der Waals surface area contributed by atoms with E-state index in [1.807, 2.05) is 0 Å². The molecule has 1 aromatic carbocycles. The molecule has 17 heavy (non-hydrogen) atoms. The van der Waals surface area contributed by atoms with Crippen molar-refractivity contribution in [1.29, 1.82) is 0 Å². The van der Waals surface area contributed by atoms with Crippen LogP contribution in [0.4, 0.5) is 21.8 Å². The smallest absolute Gasteiger partial charge is 0.221 e. The van der Waals surface area contributed by atoms with Crippen molar-refractivity contribution in [2.75, 3.05) is 11.1 Å². The summed E-state index contributed by atoms with van der Waals surface area (Å²) in [5.41, 5.74) is 6.39. The second-order valence-electron chi connectivity index (χ2n) is 3.48. The molecule has 1 heterocycles. The molecule has 0 unspecified atom stereocenters. The Morgan fingerprint density at radius 3 is 2.88 bits per heavy atom. The van der Waals surface area contributed by atoms with Gasteiger partial charge < -0.3 is 11.1 Å². The van der Waals surface area contributed by atoms with E-state index in [0.717, 1.165) is 5.56 Å². The van der Waals surface area contributed by atoms with Gasteiger partial charge in [0.15, 0.2) is 0 Å². The van der Waals surface area contributed by atoms with Crippen LogP contribution in [0.1, 0.15) is 5.56 Å². The standard InChI is InChI=1S/C11H10ClFN4/c1-6-5-15-11(14)17-10(6)16-9-7(12)3-2-4-8(9)13/h2-5H,1H3,(H3,14,15,16,17). The van der Waals surface area contributed by atoms with Gasteiger partial charge in [0.1, 0.15) is 11.6 Å². The maximum absolute atomic E-state index is 13.5. The Morgan fingerprint density at radius 2 is 2.18 bits per heavy atom. The molecule has 0 aliphatic rings. The maximum Gasteiger partial charge on any atom is 0.221 e. The molecule has 0 amide bonds. The van der Waals surface area contributed by atoms with Gasteiger partial charge in [0.2, 0.25) is 5.95 Å². The lowest BCUT2D eigenvalue weighted by molar-refractivity contribution is 0.632. The van der Waals surface area contributed by atoms with Crippen LogP contribution in [0.3, 0.4) is 0 Å². The molecule has 2 aromatic rings. The van der Waals surface area contributed by atoms with Crippen LogP contribution in [-0.2, 0) is 0 Å². The van der Waals surface area contributed by atoms with Crippen molar-refractivity contribution >= 4 is 29.1 Å². The number of nitrogen functional groups attached to an aromatic ring is 1. The molecule has 1 aromatic heterocycles. The second-order valence-corrected chi connectivity index (χ2v) is 3.89. The molecule has 4 nitrogen and oxygen atoms in total. The highest BCUT2D eigenvalue weighted by Gasteiger charge is 2.09. The van der Waals surface area contributed by atoms with E-state index in [4.69, 9.17) is 17.3 Å². The van der Waals surface area contributed by atoms with Gasteiger partial charge in [0.25, 0.3) is 0 Å². The fraction of sp³-hybridized carbons (Fsp3) is 0.0909. The minimum atomic E-state index is -0.450. The van der Waals surface area contributed by atoms with E-state index in [0.29, 0.717) is 5.82 Å². The van der Waals surface area contributed by atoms with E-state index in [-0.39, 0.29) is 16.7 Å². The highest BCUT2D eigenvalue weighted by Crippen LogP contribution is 2.28. The van der Waals surface area contributed by atoms with Gasteiger partial charge in [-0.2, -0.15) is 4.98 Å². The van der Waals surface area contributed by atoms with Gasteiger partial charge in [0.05, 0.1) is 10.7 Å². The third kappa shape index (κ3) is 2.45. The largest absolute Gasteiger partial charge is 0.368 e. The number of nitrogens with two attached hydrogens (primary N) is 1. The van der Waals surface area contributed by atoms with E-state index < -0.39 is 5.82 Å². The molecule has 0 fully saturated rings. The Labute approximate surface area is 103 Å². The fourth-order valence-electron chi connectivity index (χ4n) is 1.32. The van der Waals surface area contributed by atoms with Crippen LogP contribution in [0.25, 0.3) is 0 Å². The number of aryl methyl sites for hydroxylation is 1. The number of aromatic nitrogens is 2. The number of nitrogens with one attached hydrogen (secondary N) is 1. The molecule has 2 rings (SSSR count). The Hall–Kier alpha value is -1.88. The molecule has 0 aliphatic carbocycles. The number of rotatable bonds is 2. The van der Waals surface area contributed by atoms with Gasteiger partial charge in [-0.3, -0.25) is 0 Å². The zero-order valence-electron chi connectivity index (χ0n) is 9.04. The maximum atomic E-state index is 13.5. The number of hydrogen-bond acceptors (Lipinski definition) is 4. The predicted molar refractivity (Wildman–Crippen MR) is 65.9 cm³/mol. The number of anilines is 3. The molecular formula is C11H10ClFN4. The summed E-state index contributed by atoms with van der Waals surface area (Å²) >= 11 is 5.89. The molecule has 0 radical (unpaired) electrons. The zero-order chi connectivity index (χ0) is 12.4. The van der Waals surface area contributed by atoms with Gasteiger partial charge >= 0.3 is 0 Å². The quantitative estimate of drug-likeness (QED) is 0.863. The van der Waals surface area contributed by atoms with Gasteiger partial charge in [-0.15, -0.1) is 0 Å². The van der Waals surface area contributed by atoms with Crippen molar-refractivity contribution < 1.29 is 4.39 Å². The van der Waals surface area contributed by atoms with Crippen molar-refractivity contribution in [2.24, 2.45) is 0 Å². The Kier molecular flexibility index (Phi) is 3.10. The van der Waals surface area contributed by atoms with Crippen molar-refractivity contribution in [3.8, 4) is 0 Å². The van der Waals surface area contributed by atoms with Crippen LogP contribution < -0.4 is 11.1 Å². The van der Waals surface area contributed by atoms with Gasteiger partial charge in [-0.05, 0) is 19.1 Å². The summed E-state index contributed by atoms with van der Waals surface area (Å²) < 4.78 is 13.5. The van der Waals surface area contributed by atoms with Crippen LogP contribution in [0, 0.1) is 12.7 Å². The molecule has 0 aliphatic heterocycles. The van der Waals surface area contributed by atoms with Crippen LogP contribution in [-0.4, -0.2) is 9.97 Å². The lowest BCUT2D eigenvalue weighted by Gasteiger charge is -2.10. The number of hydrogen-bond donors (Lipinski definition) is 2. The predicted octanol–water partition coefficient (Wildman–Crippen LogP) is 2.90. The molecular weight excluding hydrogens is 243 g/mol. The van der Waals surface area contributed by atoms with E-state index in [9.17, 15) is 4.39 Å². The van der Waals surface area contributed by atoms with Gasteiger partial charge in [0, 0.05) is 11.8 Å². The summed E-state index contributed by atoms with van der Waals surface area (Å²) in [6, 6.07) is 4.44. The monoisotopic (exact) mass is 252 g/mol. The normalized spacial score (nSPS) is 10.3. The van der Waals surface area contributed by atoms with E-state index in [2.05, 4.69) is 15.3 Å². The first-order chi connectivity index (χ1) is 8.08. The molecule has 6 heteroatoms. The molecule has 0 bridgehead atoms. The van der Waals surface area contributed by atoms with E-state index in [1.165, 1.54) is 12.1 Å². The highest BCUT2D eigenvalue weighted by molar-refractivity contribution is 6.33. The highest BCUT2D eigenvalue weighted by atomic mass is 35.5. The SMILES string of the molecule is Cc1cnc(N)nc1Nc1c(F)cccc1Cl. The van der Waals surface area contributed by atoms with Crippen molar-refractivity contribution in [3.05, 3.63) is 40.8 Å². The summed E-state index contributed by atoms with van der Waals surface area (Å²) in [5.74, 6) is 0.101. The lowest BCUT2D eigenvalue weighted by Crippen LogP contribution is -2.03. The summed E-state index contributed by atoms with van der Waals surface area (Å²) in [6.07, 6.45) is 1.55. The van der Waals surface area contributed by atoms with Crippen LogP contribution in [0.15, 0.2) is 24.4 Å². The van der Waals surface area contributed by atoms with Crippen LogP contribution in [0.2, 0.25) is 5.02 Å². The molecule has 0 saturated carbocycles. The van der Waals surface area contributed by atoms with Crippen molar-refractivity contribution in [1.82, 2.24) is 9.97 Å². The molecule has 3 N–H and O–H groups in total. The van der Waals surface area contributed by atoms with Crippen molar-refractivity contribution in [2.45, 2.75) is 6.92 Å². The van der Waals surface area contributed by atoms with Crippen LogP contribution >= 0.6 is 11.6 Å². The minimum absolute atomic E-state index is 0.116. The second kappa shape index (κ2) is 4.55. The summed E-state index contributed by atoms with van der Waals surface area (Å²) in [4.78, 5) is 7.81. The summed E-state index contributed by atoms with van der Waals surface area (Å²) in [5, 5.41) is 3.09. The average molecular weight is 253 g/mol. The van der Waals surface area contributed by atoms with Crippen molar-refractivity contribution in [3.63, 3.8) is 0 Å². The van der Waals surface area contributed by atoms with Gasteiger partial charge in [-0.25, -0.2) is 9.37 Å². The summed E-state index contributed by atoms with van der Waals surface area (Å²) in [6.45, 7) is 1.79. The first-order valence-electron chi connectivity index (χ1n) is 4.88. The average Bonchev–Trinajstić information content (AvgIpc) is 2.28. The molecule has 0 saturated heterocycles. The number of halogens is 2. The fourth-order valence-corrected chi connectivity index (χ4v) is 1.53. The lowest BCUT2D eigenvalue weighted by atomic mass is 10.3. The molecule has 88 valence electrons. The zero-order valence-corrected chi connectivity index (χ0v) is 9.79. The van der Waals surface area contributed by atoms with E-state index in [1.54, 1.807) is 19.2 Å². The number of nitrogens with zero attached hydrogens (tertiary/aromatic N) is 2. The van der Waals surface area contributed by atoms with E-state index >= 15 is 0 Å². The molecule has 0 spiro atoms. The third-order valence-corrected chi connectivity index (χ3v) is 2.51. The first-order valence-corrected chi connectivity index (χ1v) is 5.26. The Bertz CT molecular complexity index is 539. The minimum Gasteiger partial charge on any atom is -0.368 e. The first kappa shape index (κ1) is 11.6. The topological polar surface area (TPSA) is 63.8 Å². The number of para-hydroxylation sites is 1. The summed E-state index contributed by atoms with van der Waals surface area (Å²) in [7, 11) is 0. The third-order valence-electron chi connectivity index (χ3n) is 2.20. The number of benzene rings is 1. The van der Waals surface area contributed by atoms with Crippen LogP contribution in [0.5, 0.6) is 0 Å². The molecule has 0 atom stereocenters. The Balaban J connectivity index is 2.41. The van der Waals surface area contributed by atoms with Gasteiger partial charge in [-0.1, -0.05) is 17.7 Å². The Morgan fingerprint density at radius 1 is 1.41 bits per heavy atom.